The average molecular weight is 265 g/mol. The molecule has 0 spiro atoms. The van der Waals surface area contributed by atoms with E-state index in [0.717, 1.165) is 25.9 Å². The second-order valence-corrected chi connectivity index (χ2v) is 5.20. The number of halogens is 1. The molecule has 104 valence electrons. The van der Waals surface area contributed by atoms with Crippen molar-refractivity contribution in [3.05, 3.63) is 29.6 Å². The van der Waals surface area contributed by atoms with Crippen LogP contribution in [0.15, 0.2) is 18.2 Å². The second kappa shape index (κ2) is 6.02. The van der Waals surface area contributed by atoms with E-state index in [-0.39, 0.29) is 11.5 Å². The van der Waals surface area contributed by atoms with E-state index in [2.05, 4.69) is 17.3 Å². The van der Waals surface area contributed by atoms with Crippen LogP contribution in [-0.4, -0.2) is 37.5 Å². The molecule has 4 nitrogen and oxygen atoms in total. The van der Waals surface area contributed by atoms with Crippen LogP contribution in [0, 0.1) is 11.7 Å². The van der Waals surface area contributed by atoms with E-state index < -0.39 is 5.82 Å². The Morgan fingerprint density at radius 1 is 1.47 bits per heavy atom. The Bertz CT molecular complexity index is 456. The fourth-order valence-corrected chi connectivity index (χ4v) is 2.32. The van der Waals surface area contributed by atoms with E-state index in [4.69, 9.17) is 5.73 Å². The molecule has 0 atom stereocenters. The Labute approximate surface area is 112 Å². The summed E-state index contributed by atoms with van der Waals surface area (Å²) in [5, 5.41) is 2.80. The standard InChI is InChI=1S/C14H20FN3O/c1-18-6-4-10(5-7-18)9-17-14(19)12-8-11(16)2-3-13(12)15/h2-3,8,10H,4-7,9,16H2,1H3,(H,17,19). The quantitative estimate of drug-likeness (QED) is 0.814. The number of amides is 1. The number of benzene rings is 1. The van der Waals surface area contributed by atoms with Crippen LogP contribution < -0.4 is 11.1 Å². The van der Waals surface area contributed by atoms with Gasteiger partial charge in [0.25, 0.3) is 5.91 Å². The van der Waals surface area contributed by atoms with Gasteiger partial charge in [-0.2, -0.15) is 0 Å². The minimum Gasteiger partial charge on any atom is -0.399 e. The van der Waals surface area contributed by atoms with Gasteiger partial charge in [-0.3, -0.25) is 4.79 Å². The van der Waals surface area contributed by atoms with Gasteiger partial charge in [0, 0.05) is 12.2 Å². The summed E-state index contributed by atoms with van der Waals surface area (Å²) >= 11 is 0. The minimum absolute atomic E-state index is 0.0212. The van der Waals surface area contributed by atoms with Crippen LogP contribution in [0.4, 0.5) is 10.1 Å². The van der Waals surface area contributed by atoms with Crippen molar-refractivity contribution in [1.29, 1.82) is 0 Å². The van der Waals surface area contributed by atoms with Crippen molar-refractivity contribution in [1.82, 2.24) is 10.2 Å². The number of carbonyl (C=O) groups is 1. The lowest BCUT2D eigenvalue weighted by atomic mass is 9.97. The van der Waals surface area contributed by atoms with Crippen LogP contribution in [0.25, 0.3) is 0 Å². The molecule has 0 unspecified atom stereocenters. The Hall–Kier alpha value is -1.62. The molecule has 1 aromatic carbocycles. The molecule has 1 aromatic rings. The maximum Gasteiger partial charge on any atom is 0.254 e. The maximum atomic E-state index is 13.5. The number of nitrogens with zero attached hydrogens (tertiary/aromatic N) is 1. The molecule has 1 heterocycles. The molecule has 1 fully saturated rings. The molecule has 0 aliphatic carbocycles. The summed E-state index contributed by atoms with van der Waals surface area (Å²) in [6.07, 6.45) is 2.13. The second-order valence-electron chi connectivity index (χ2n) is 5.20. The molecule has 0 radical (unpaired) electrons. The van der Waals surface area contributed by atoms with Crippen molar-refractivity contribution in [2.45, 2.75) is 12.8 Å². The topological polar surface area (TPSA) is 58.4 Å². The van der Waals surface area contributed by atoms with Crippen LogP contribution in [0.5, 0.6) is 0 Å². The number of hydrogen-bond acceptors (Lipinski definition) is 3. The molecule has 0 bridgehead atoms. The molecule has 1 amide bonds. The summed E-state index contributed by atoms with van der Waals surface area (Å²) in [6, 6.07) is 4.04. The number of nitrogens with two attached hydrogens (primary N) is 1. The normalized spacial score (nSPS) is 17.4. The maximum absolute atomic E-state index is 13.5. The number of carbonyl (C=O) groups excluding carboxylic acids is 1. The molecule has 1 saturated heterocycles. The lowest BCUT2D eigenvalue weighted by molar-refractivity contribution is 0.0935. The monoisotopic (exact) mass is 265 g/mol. The van der Waals surface area contributed by atoms with Crippen molar-refractivity contribution < 1.29 is 9.18 Å². The van der Waals surface area contributed by atoms with Crippen molar-refractivity contribution in [3.8, 4) is 0 Å². The summed E-state index contributed by atoms with van der Waals surface area (Å²) in [4.78, 5) is 14.2. The molecule has 19 heavy (non-hydrogen) atoms. The fourth-order valence-electron chi connectivity index (χ4n) is 2.32. The Balaban J connectivity index is 1.89. The van der Waals surface area contributed by atoms with Crippen LogP contribution in [0.2, 0.25) is 0 Å². The highest BCUT2D eigenvalue weighted by molar-refractivity contribution is 5.95. The zero-order valence-corrected chi connectivity index (χ0v) is 11.2. The Kier molecular flexibility index (Phi) is 4.37. The summed E-state index contributed by atoms with van der Waals surface area (Å²) in [6.45, 7) is 2.70. The zero-order chi connectivity index (χ0) is 13.8. The van der Waals surface area contributed by atoms with Gasteiger partial charge in [0.2, 0.25) is 0 Å². The molecular weight excluding hydrogens is 245 g/mol. The molecule has 3 N–H and O–H groups in total. The highest BCUT2D eigenvalue weighted by Crippen LogP contribution is 2.16. The van der Waals surface area contributed by atoms with E-state index in [1.165, 1.54) is 18.2 Å². The smallest absolute Gasteiger partial charge is 0.254 e. The number of rotatable bonds is 3. The van der Waals surface area contributed by atoms with E-state index in [1.807, 2.05) is 0 Å². The van der Waals surface area contributed by atoms with Gasteiger partial charge in [-0.15, -0.1) is 0 Å². The molecule has 1 aliphatic rings. The number of nitrogen functional groups attached to an aromatic ring is 1. The predicted octanol–water partition coefficient (Wildman–Crippen LogP) is 1.48. The van der Waals surface area contributed by atoms with Crippen LogP contribution in [0.1, 0.15) is 23.2 Å². The Morgan fingerprint density at radius 3 is 2.84 bits per heavy atom. The molecule has 0 aromatic heterocycles. The fraction of sp³-hybridized carbons (Fsp3) is 0.500. The summed E-state index contributed by atoms with van der Waals surface area (Å²) in [7, 11) is 2.09. The van der Waals surface area contributed by atoms with E-state index >= 15 is 0 Å². The van der Waals surface area contributed by atoms with E-state index in [0.29, 0.717) is 18.2 Å². The van der Waals surface area contributed by atoms with Gasteiger partial charge in [0.1, 0.15) is 5.82 Å². The first-order valence-electron chi connectivity index (χ1n) is 6.58. The number of hydrogen-bond donors (Lipinski definition) is 2. The lowest BCUT2D eigenvalue weighted by Crippen LogP contribution is -2.37. The van der Waals surface area contributed by atoms with Crippen LogP contribution in [0.3, 0.4) is 0 Å². The zero-order valence-electron chi connectivity index (χ0n) is 11.2. The third-order valence-corrected chi connectivity index (χ3v) is 3.62. The van der Waals surface area contributed by atoms with E-state index in [1.54, 1.807) is 0 Å². The summed E-state index contributed by atoms with van der Waals surface area (Å²) in [5.41, 5.74) is 5.98. The first-order chi connectivity index (χ1) is 9.06. The molecular formula is C14H20FN3O. The number of likely N-dealkylation sites (tertiary alicyclic amines) is 1. The summed E-state index contributed by atoms with van der Waals surface area (Å²) in [5.74, 6) is -0.442. The predicted molar refractivity (Wildman–Crippen MR) is 73.4 cm³/mol. The number of piperidine rings is 1. The molecule has 1 aliphatic heterocycles. The summed E-state index contributed by atoms with van der Waals surface area (Å²) < 4.78 is 13.5. The van der Waals surface area contributed by atoms with Crippen molar-refractivity contribution in [2.24, 2.45) is 5.92 Å². The van der Waals surface area contributed by atoms with Gasteiger partial charge in [-0.05, 0) is 57.1 Å². The largest absolute Gasteiger partial charge is 0.399 e. The molecule has 2 rings (SSSR count). The van der Waals surface area contributed by atoms with Gasteiger partial charge < -0.3 is 16.0 Å². The first kappa shape index (κ1) is 13.8. The average Bonchev–Trinajstić information content (AvgIpc) is 2.40. The van der Waals surface area contributed by atoms with Crippen molar-refractivity contribution >= 4 is 11.6 Å². The van der Waals surface area contributed by atoms with Gasteiger partial charge in [0.05, 0.1) is 5.56 Å². The van der Waals surface area contributed by atoms with Crippen molar-refractivity contribution in [3.63, 3.8) is 0 Å². The lowest BCUT2D eigenvalue weighted by Gasteiger charge is -2.28. The van der Waals surface area contributed by atoms with Crippen LogP contribution >= 0.6 is 0 Å². The van der Waals surface area contributed by atoms with Gasteiger partial charge in [-0.25, -0.2) is 4.39 Å². The van der Waals surface area contributed by atoms with Gasteiger partial charge >= 0.3 is 0 Å². The molecule has 0 saturated carbocycles. The van der Waals surface area contributed by atoms with Crippen molar-refractivity contribution in [2.75, 3.05) is 32.4 Å². The third-order valence-electron chi connectivity index (χ3n) is 3.62. The SMILES string of the molecule is CN1CCC(CNC(=O)c2cc(N)ccc2F)CC1. The highest BCUT2D eigenvalue weighted by Gasteiger charge is 2.18. The van der Waals surface area contributed by atoms with Crippen LogP contribution in [-0.2, 0) is 0 Å². The first-order valence-corrected chi connectivity index (χ1v) is 6.58. The third kappa shape index (κ3) is 3.67. The minimum atomic E-state index is -0.532. The van der Waals surface area contributed by atoms with Gasteiger partial charge in [-0.1, -0.05) is 0 Å². The Morgan fingerprint density at radius 2 is 2.16 bits per heavy atom. The molecule has 5 heteroatoms. The van der Waals surface area contributed by atoms with Gasteiger partial charge in [0.15, 0.2) is 0 Å². The van der Waals surface area contributed by atoms with E-state index in [9.17, 15) is 9.18 Å². The number of anilines is 1. The number of nitrogens with one attached hydrogen (secondary N) is 1. The highest BCUT2D eigenvalue weighted by atomic mass is 19.1.